The first kappa shape index (κ1) is 20.1. The summed E-state index contributed by atoms with van der Waals surface area (Å²) in [6.07, 6.45) is 1.79. The Bertz CT molecular complexity index is 957. The molecular formula is C21H24N2O4S. The van der Waals surface area contributed by atoms with Gasteiger partial charge in [-0.3, -0.25) is 9.59 Å². The Balaban J connectivity index is 1.70. The van der Waals surface area contributed by atoms with E-state index in [0.29, 0.717) is 13.1 Å². The Morgan fingerprint density at radius 2 is 1.71 bits per heavy atom. The van der Waals surface area contributed by atoms with Crippen LogP contribution in [0.4, 0.5) is 0 Å². The molecule has 0 spiro atoms. The third-order valence-corrected chi connectivity index (χ3v) is 6.63. The molecular weight excluding hydrogens is 376 g/mol. The fourth-order valence-corrected chi connectivity index (χ4v) is 4.82. The van der Waals surface area contributed by atoms with Gasteiger partial charge in [-0.1, -0.05) is 55.8 Å². The first-order chi connectivity index (χ1) is 13.4. The SMILES string of the molecule is CCCCN(Cc1ccccc1)C(=O)CCN1C(=O)c2ccccc2S1(=O)=O. The van der Waals surface area contributed by atoms with E-state index >= 15 is 0 Å². The van der Waals surface area contributed by atoms with Crippen molar-refractivity contribution in [3.05, 3.63) is 65.7 Å². The number of sulfonamides is 1. The van der Waals surface area contributed by atoms with Gasteiger partial charge in [0.25, 0.3) is 15.9 Å². The van der Waals surface area contributed by atoms with Crippen LogP contribution in [-0.4, -0.2) is 42.5 Å². The van der Waals surface area contributed by atoms with Gasteiger partial charge in [0.2, 0.25) is 5.91 Å². The molecule has 2 amide bonds. The van der Waals surface area contributed by atoms with E-state index in [9.17, 15) is 18.0 Å². The van der Waals surface area contributed by atoms with E-state index < -0.39 is 15.9 Å². The molecule has 7 heteroatoms. The zero-order valence-corrected chi connectivity index (χ0v) is 16.7. The van der Waals surface area contributed by atoms with E-state index in [2.05, 4.69) is 6.92 Å². The zero-order chi connectivity index (χ0) is 20.1. The van der Waals surface area contributed by atoms with Crippen molar-refractivity contribution in [3.63, 3.8) is 0 Å². The van der Waals surface area contributed by atoms with Crippen LogP contribution in [0.3, 0.4) is 0 Å². The summed E-state index contributed by atoms with van der Waals surface area (Å²) in [5.41, 5.74) is 1.19. The van der Waals surface area contributed by atoms with Crippen LogP contribution in [0.2, 0.25) is 0 Å². The third-order valence-electron chi connectivity index (χ3n) is 4.79. The summed E-state index contributed by atoms with van der Waals surface area (Å²) >= 11 is 0. The van der Waals surface area contributed by atoms with Crippen LogP contribution in [0.1, 0.15) is 42.1 Å². The minimum atomic E-state index is -3.88. The van der Waals surface area contributed by atoms with Crippen molar-refractivity contribution in [2.45, 2.75) is 37.6 Å². The molecule has 0 saturated heterocycles. The average Bonchev–Trinajstić information content (AvgIpc) is 2.90. The number of fused-ring (bicyclic) bond motifs is 1. The molecule has 0 radical (unpaired) electrons. The highest BCUT2D eigenvalue weighted by atomic mass is 32.2. The molecule has 2 aromatic carbocycles. The molecule has 0 unspecified atom stereocenters. The Kier molecular flexibility index (Phi) is 6.14. The van der Waals surface area contributed by atoms with Crippen LogP contribution < -0.4 is 0 Å². The number of rotatable bonds is 8. The molecule has 6 nitrogen and oxygen atoms in total. The summed E-state index contributed by atoms with van der Waals surface area (Å²) in [5, 5.41) is 0. The number of hydrogen-bond donors (Lipinski definition) is 0. The summed E-state index contributed by atoms with van der Waals surface area (Å²) in [7, 11) is -3.88. The number of amides is 2. The monoisotopic (exact) mass is 400 g/mol. The van der Waals surface area contributed by atoms with Crippen LogP contribution in [0.25, 0.3) is 0 Å². The van der Waals surface area contributed by atoms with Gasteiger partial charge in [0.1, 0.15) is 4.90 Å². The third kappa shape index (κ3) is 4.09. The number of benzene rings is 2. The van der Waals surface area contributed by atoms with Crippen molar-refractivity contribution in [2.75, 3.05) is 13.1 Å². The van der Waals surface area contributed by atoms with Crippen LogP contribution in [0, 0.1) is 0 Å². The summed E-state index contributed by atoms with van der Waals surface area (Å²) in [6.45, 7) is 2.98. The van der Waals surface area contributed by atoms with Crippen molar-refractivity contribution in [3.8, 4) is 0 Å². The minimum absolute atomic E-state index is 0.0135. The predicted octanol–water partition coefficient (Wildman–Crippen LogP) is 3.05. The highest BCUT2D eigenvalue weighted by molar-refractivity contribution is 7.90. The van der Waals surface area contributed by atoms with Crippen LogP contribution in [-0.2, 0) is 21.4 Å². The Hall–Kier alpha value is -2.67. The molecule has 3 rings (SSSR count). The van der Waals surface area contributed by atoms with E-state index in [4.69, 9.17) is 0 Å². The van der Waals surface area contributed by atoms with Crippen molar-refractivity contribution >= 4 is 21.8 Å². The molecule has 0 bridgehead atoms. The van der Waals surface area contributed by atoms with Crippen LogP contribution >= 0.6 is 0 Å². The first-order valence-electron chi connectivity index (χ1n) is 9.43. The van der Waals surface area contributed by atoms with Crippen LogP contribution in [0.5, 0.6) is 0 Å². The van der Waals surface area contributed by atoms with Crippen molar-refractivity contribution in [2.24, 2.45) is 0 Å². The molecule has 148 valence electrons. The van der Waals surface area contributed by atoms with Gasteiger partial charge >= 0.3 is 0 Å². The molecule has 1 aliphatic rings. The maximum atomic E-state index is 12.8. The Labute approximate surface area is 165 Å². The number of carbonyl (C=O) groups excluding carboxylic acids is 2. The van der Waals surface area contributed by atoms with Crippen molar-refractivity contribution in [1.29, 1.82) is 0 Å². The van der Waals surface area contributed by atoms with Crippen molar-refractivity contribution < 1.29 is 18.0 Å². The van der Waals surface area contributed by atoms with E-state index in [1.54, 1.807) is 17.0 Å². The lowest BCUT2D eigenvalue weighted by molar-refractivity contribution is -0.131. The first-order valence-corrected chi connectivity index (χ1v) is 10.9. The topological polar surface area (TPSA) is 74.8 Å². The zero-order valence-electron chi connectivity index (χ0n) is 15.9. The minimum Gasteiger partial charge on any atom is -0.338 e. The number of carbonyl (C=O) groups is 2. The van der Waals surface area contributed by atoms with Gasteiger partial charge in [-0.25, -0.2) is 12.7 Å². The van der Waals surface area contributed by atoms with E-state index in [1.165, 1.54) is 12.1 Å². The number of unbranched alkanes of at least 4 members (excludes halogenated alkanes) is 1. The number of nitrogens with zero attached hydrogens (tertiary/aromatic N) is 2. The van der Waals surface area contributed by atoms with Gasteiger partial charge in [0.15, 0.2) is 0 Å². The smallest absolute Gasteiger partial charge is 0.269 e. The highest BCUT2D eigenvalue weighted by Crippen LogP contribution is 2.30. The molecule has 0 aliphatic carbocycles. The predicted molar refractivity (Wildman–Crippen MR) is 106 cm³/mol. The Morgan fingerprint density at radius 3 is 2.39 bits per heavy atom. The molecule has 0 aromatic heterocycles. The molecule has 0 fully saturated rings. The summed E-state index contributed by atoms with van der Waals surface area (Å²) < 4.78 is 26.1. The molecule has 0 atom stereocenters. The van der Waals surface area contributed by atoms with E-state index in [1.807, 2.05) is 30.3 Å². The van der Waals surface area contributed by atoms with Gasteiger partial charge in [0, 0.05) is 26.1 Å². The normalized spacial score (nSPS) is 14.8. The lowest BCUT2D eigenvalue weighted by Crippen LogP contribution is -2.37. The maximum absolute atomic E-state index is 12.8. The fourth-order valence-electron chi connectivity index (χ4n) is 3.25. The van der Waals surface area contributed by atoms with Crippen LogP contribution in [0.15, 0.2) is 59.5 Å². The summed E-state index contributed by atoms with van der Waals surface area (Å²) in [4.78, 5) is 27.0. The maximum Gasteiger partial charge on any atom is 0.269 e. The van der Waals surface area contributed by atoms with Gasteiger partial charge in [-0.05, 0) is 24.1 Å². The molecule has 1 aliphatic heterocycles. The fraction of sp³-hybridized carbons (Fsp3) is 0.333. The molecule has 0 N–H and O–H groups in total. The van der Waals surface area contributed by atoms with E-state index in [-0.39, 0.29) is 29.3 Å². The summed E-state index contributed by atoms with van der Waals surface area (Å²) in [6, 6.07) is 15.8. The quantitative estimate of drug-likeness (QED) is 0.683. The van der Waals surface area contributed by atoms with Gasteiger partial charge in [0.05, 0.1) is 5.56 Å². The number of hydrogen-bond acceptors (Lipinski definition) is 4. The van der Waals surface area contributed by atoms with E-state index in [0.717, 1.165) is 22.7 Å². The lowest BCUT2D eigenvalue weighted by atomic mass is 10.2. The standard InChI is InChI=1S/C21H24N2O4S/c1-2-3-14-22(16-17-9-5-4-6-10-17)20(24)13-15-23-21(25)18-11-7-8-12-19(18)28(23,26)27/h4-12H,2-3,13-16H2,1H3. The van der Waals surface area contributed by atoms with Gasteiger partial charge in [-0.2, -0.15) is 0 Å². The summed E-state index contributed by atoms with van der Waals surface area (Å²) in [5.74, 6) is -0.720. The molecule has 0 saturated carbocycles. The second-order valence-electron chi connectivity index (χ2n) is 6.78. The molecule has 28 heavy (non-hydrogen) atoms. The van der Waals surface area contributed by atoms with Crippen molar-refractivity contribution in [1.82, 2.24) is 9.21 Å². The largest absolute Gasteiger partial charge is 0.338 e. The average molecular weight is 401 g/mol. The second-order valence-corrected chi connectivity index (χ2v) is 8.61. The molecule has 2 aromatic rings. The second kappa shape index (κ2) is 8.56. The molecule has 1 heterocycles. The lowest BCUT2D eigenvalue weighted by Gasteiger charge is -2.24. The Morgan fingerprint density at radius 1 is 1.04 bits per heavy atom. The highest BCUT2D eigenvalue weighted by Gasteiger charge is 2.40. The van der Waals surface area contributed by atoms with Gasteiger partial charge in [-0.15, -0.1) is 0 Å². The van der Waals surface area contributed by atoms with Gasteiger partial charge < -0.3 is 4.90 Å².